The van der Waals surface area contributed by atoms with Crippen molar-refractivity contribution in [1.82, 2.24) is 15.3 Å². The Morgan fingerprint density at radius 1 is 1.32 bits per heavy atom. The average molecular weight is 443 g/mol. The van der Waals surface area contributed by atoms with Gasteiger partial charge < -0.3 is 14.8 Å². The molecule has 2 aliphatic carbocycles. The minimum Gasteiger partial charge on any atom is -0.474 e. The molecular weight excluding hydrogens is 412 g/mol. The SMILES string of the molecule is CC1(NC(=O)OC(C)(C)C)CCC(Oc2ncnc3sc4c(c23)C(CC#N)CC4)CC1. The number of nitriles is 1. The lowest BCUT2D eigenvalue weighted by Gasteiger charge is -2.38. The first-order chi connectivity index (χ1) is 14.7. The Bertz CT molecular complexity index is 1010. The first-order valence-corrected chi connectivity index (χ1v) is 11.8. The molecule has 7 nitrogen and oxygen atoms in total. The van der Waals surface area contributed by atoms with Gasteiger partial charge in [-0.25, -0.2) is 14.8 Å². The van der Waals surface area contributed by atoms with Gasteiger partial charge in [-0.15, -0.1) is 11.3 Å². The zero-order valence-corrected chi connectivity index (χ0v) is 19.5. The highest BCUT2D eigenvalue weighted by Gasteiger charge is 2.36. The molecule has 2 aromatic heterocycles. The summed E-state index contributed by atoms with van der Waals surface area (Å²) in [6.45, 7) is 7.66. The van der Waals surface area contributed by atoms with Crippen LogP contribution in [-0.2, 0) is 11.2 Å². The first kappa shape index (κ1) is 21.8. The maximum atomic E-state index is 12.2. The Morgan fingerprint density at radius 2 is 2.06 bits per heavy atom. The normalized spacial score (nSPS) is 25.6. The molecule has 0 aromatic carbocycles. The number of rotatable bonds is 4. The smallest absolute Gasteiger partial charge is 0.408 e. The Balaban J connectivity index is 1.45. The number of ether oxygens (including phenoxy) is 2. The van der Waals surface area contributed by atoms with Crippen molar-refractivity contribution < 1.29 is 14.3 Å². The number of nitrogens with zero attached hydrogens (tertiary/aromatic N) is 3. The van der Waals surface area contributed by atoms with Gasteiger partial charge in [0, 0.05) is 16.8 Å². The molecule has 0 saturated heterocycles. The summed E-state index contributed by atoms with van der Waals surface area (Å²) in [5.74, 6) is 0.885. The summed E-state index contributed by atoms with van der Waals surface area (Å²) in [4.78, 5) is 23.4. The summed E-state index contributed by atoms with van der Waals surface area (Å²) in [5, 5.41) is 13.3. The molecule has 1 saturated carbocycles. The van der Waals surface area contributed by atoms with Gasteiger partial charge in [-0.3, -0.25) is 0 Å². The zero-order valence-electron chi connectivity index (χ0n) is 18.7. The van der Waals surface area contributed by atoms with Gasteiger partial charge in [0.25, 0.3) is 0 Å². The van der Waals surface area contributed by atoms with E-state index >= 15 is 0 Å². The molecule has 0 spiro atoms. The van der Waals surface area contributed by atoms with E-state index in [9.17, 15) is 10.1 Å². The molecule has 1 fully saturated rings. The molecule has 2 aromatic rings. The number of nitrogens with one attached hydrogen (secondary N) is 1. The van der Waals surface area contributed by atoms with Gasteiger partial charge in [0.05, 0.1) is 11.5 Å². The van der Waals surface area contributed by atoms with Crippen molar-refractivity contribution in [3.05, 3.63) is 16.8 Å². The fourth-order valence-corrected chi connectivity index (χ4v) is 5.85. The van der Waals surface area contributed by atoms with Crippen LogP contribution >= 0.6 is 11.3 Å². The van der Waals surface area contributed by atoms with Crippen molar-refractivity contribution in [2.45, 2.75) is 95.8 Å². The number of hydrogen-bond acceptors (Lipinski definition) is 7. The summed E-state index contributed by atoms with van der Waals surface area (Å²) < 4.78 is 11.8. The van der Waals surface area contributed by atoms with Crippen LogP contribution in [0.2, 0.25) is 0 Å². The Labute approximate surface area is 187 Å². The zero-order chi connectivity index (χ0) is 22.2. The monoisotopic (exact) mass is 442 g/mol. The maximum absolute atomic E-state index is 12.2. The lowest BCUT2D eigenvalue weighted by atomic mass is 9.82. The van der Waals surface area contributed by atoms with Crippen molar-refractivity contribution in [2.75, 3.05) is 0 Å². The number of alkyl carbamates (subject to hydrolysis) is 1. The molecule has 2 aliphatic rings. The van der Waals surface area contributed by atoms with Crippen molar-refractivity contribution in [1.29, 1.82) is 5.26 Å². The maximum Gasteiger partial charge on any atom is 0.408 e. The molecule has 1 N–H and O–H groups in total. The van der Waals surface area contributed by atoms with Gasteiger partial charge in [0.15, 0.2) is 0 Å². The summed E-state index contributed by atoms with van der Waals surface area (Å²) in [7, 11) is 0. The lowest BCUT2D eigenvalue weighted by Crippen LogP contribution is -2.51. The molecule has 1 unspecified atom stereocenters. The second-order valence-electron chi connectivity index (χ2n) is 9.90. The van der Waals surface area contributed by atoms with Crippen molar-refractivity contribution in [3.63, 3.8) is 0 Å². The second kappa shape index (κ2) is 8.27. The van der Waals surface area contributed by atoms with E-state index in [-0.39, 0.29) is 23.7 Å². The third-order valence-electron chi connectivity index (χ3n) is 6.15. The van der Waals surface area contributed by atoms with Crippen LogP contribution in [0.4, 0.5) is 4.79 Å². The third kappa shape index (κ3) is 4.77. The molecule has 0 aliphatic heterocycles. The van der Waals surface area contributed by atoms with Gasteiger partial charge in [0.1, 0.15) is 22.9 Å². The average Bonchev–Trinajstić information content (AvgIpc) is 3.22. The Hall–Kier alpha value is -2.40. The predicted octanol–water partition coefficient (Wildman–Crippen LogP) is 5.24. The lowest BCUT2D eigenvalue weighted by molar-refractivity contribution is 0.0386. The van der Waals surface area contributed by atoms with Gasteiger partial charge in [-0.1, -0.05) is 0 Å². The van der Waals surface area contributed by atoms with Crippen LogP contribution in [0.3, 0.4) is 0 Å². The van der Waals surface area contributed by atoms with E-state index in [1.54, 1.807) is 17.7 Å². The number of carbonyl (C=O) groups excluding carboxylic acids is 1. The van der Waals surface area contributed by atoms with Gasteiger partial charge in [-0.2, -0.15) is 5.26 Å². The molecule has 166 valence electrons. The van der Waals surface area contributed by atoms with Gasteiger partial charge in [0.2, 0.25) is 5.88 Å². The van der Waals surface area contributed by atoms with Gasteiger partial charge >= 0.3 is 6.09 Å². The van der Waals surface area contributed by atoms with Crippen LogP contribution in [0, 0.1) is 11.3 Å². The summed E-state index contributed by atoms with van der Waals surface area (Å²) >= 11 is 1.70. The van der Waals surface area contributed by atoms with E-state index in [4.69, 9.17) is 9.47 Å². The third-order valence-corrected chi connectivity index (χ3v) is 7.32. The van der Waals surface area contributed by atoms with Crippen LogP contribution in [0.15, 0.2) is 6.33 Å². The van der Waals surface area contributed by atoms with Crippen LogP contribution in [0.25, 0.3) is 10.2 Å². The highest BCUT2D eigenvalue weighted by Crippen LogP contribution is 2.47. The molecule has 1 atom stereocenters. The second-order valence-corrected chi connectivity index (χ2v) is 11.0. The standard InChI is InChI=1S/C23H30N4O3S/c1-22(2,3)30-21(28)27-23(4)10-7-15(8-11-23)29-19-18-17-14(9-12-24)5-6-16(17)31-20(18)26-13-25-19/h13-15H,5-11H2,1-4H3,(H,27,28). The van der Waals surface area contributed by atoms with Crippen LogP contribution in [0.1, 0.15) is 82.6 Å². The van der Waals surface area contributed by atoms with Crippen LogP contribution in [-0.4, -0.2) is 33.3 Å². The van der Waals surface area contributed by atoms with Crippen molar-refractivity contribution >= 4 is 27.6 Å². The number of thiophene rings is 1. The molecular formula is C23H30N4O3S. The van der Waals surface area contributed by atoms with E-state index in [1.165, 1.54) is 10.4 Å². The number of aryl methyl sites for hydroxylation is 1. The molecule has 2 heterocycles. The van der Waals surface area contributed by atoms with E-state index in [1.807, 2.05) is 20.8 Å². The van der Waals surface area contributed by atoms with E-state index in [0.29, 0.717) is 12.3 Å². The largest absolute Gasteiger partial charge is 0.474 e. The highest BCUT2D eigenvalue weighted by atomic mass is 32.1. The number of fused-ring (bicyclic) bond motifs is 3. The minimum atomic E-state index is -0.511. The molecule has 0 bridgehead atoms. The van der Waals surface area contributed by atoms with Crippen LogP contribution < -0.4 is 10.1 Å². The van der Waals surface area contributed by atoms with E-state index in [2.05, 4.69) is 28.3 Å². The van der Waals surface area contributed by atoms with Crippen molar-refractivity contribution in [2.24, 2.45) is 0 Å². The number of aromatic nitrogens is 2. The fourth-order valence-electron chi connectivity index (χ4n) is 4.62. The summed E-state index contributed by atoms with van der Waals surface area (Å²) in [6.07, 6.45) is 7.04. The molecule has 31 heavy (non-hydrogen) atoms. The first-order valence-electron chi connectivity index (χ1n) is 11.0. The van der Waals surface area contributed by atoms with Crippen molar-refractivity contribution in [3.8, 4) is 11.9 Å². The number of hydrogen-bond donors (Lipinski definition) is 1. The van der Waals surface area contributed by atoms with E-state index in [0.717, 1.165) is 48.7 Å². The summed E-state index contributed by atoms with van der Waals surface area (Å²) in [5.41, 5.74) is 0.415. The van der Waals surface area contributed by atoms with Crippen LogP contribution in [0.5, 0.6) is 5.88 Å². The molecule has 1 amide bonds. The fraction of sp³-hybridized carbons (Fsp3) is 0.652. The molecule has 4 rings (SSSR count). The molecule has 0 radical (unpaired) electrons. The summed E-state index contributed by atoms with van der Waals surface area (Å²) in [6, 6.07) is 2.32. The Kier molecular flexibility index (Phi) is 5.82. The topological polar surface area (TPSA) is 97.1 Å². The predicted molar refractivity (Wildman–Crippen MR) is 119 cm³/mol. The van der Waals surface area contributed by atoms with Gasteiger partial charge in [-0.05, 0) is 77.7 Å². The Morgan fingerprint density at radius 3 is 2.74 bits per heavy atom. The quantitative estimate of drug-likeness (QED) is 0.695. The number of amides is 1. The molecule has 8 heteroatoms. The van der Waals surface area contributed by atoms with E-state index < -0.39 is 5.60 Å². The number of carbonyl (C=O) groups is 1. The highest BCUT2D eigenvalue weighted by molar-refractivity contribution is 7.19. The minimum absolute atomic E-state index is 0.0398.